The fourth-order valence-corrected chi connectivity index (χ4v) is 4.27. The number of benzene rings is 2. The van der Waals surface area contributed by atoms with E-state index in [9.17, 15) is 4.79 Å². The van der Waals surface area contributed by atoms with Crippen LogP contribution in [0, 0.1) is 5.41 Å². The molecular weight excluding hydrogens is 408 g/mol. The van der Waals surface area contributed by atoms with E-state index in [1.54, 1.807) is 6.20 Å². The molecule has 0 saturated carbocycles. The van der Waals surface area contributed by atoms with Gasteiger partial charge < -0.3 is 10.1 Å². The van der Waals surface area contributed by atoms with E-state index in [0.717, 1.165) is 47.4 Å². The largest absolute Gasteiger partial charge is 0.381 e. The van der Waals surface area contributed by atoms with Crippen LogP contribution in [0.3, 0.4) is 0 Å². The summed E-state index contributed by atoms with van der Waals surface area (Å²) >= 11 is 5.95. The summed E-state index contributed by atoms with van der Waals surface area (Å²) < 4.78 is 5.58. The maximum absolute atomic E-state index is 13.3. The average Bonchev–Trinajstić information content (AvgIpc) is 2.82. The van der Waals surface area contributed by atoms with E-state index in [2.05, 4.69) is 40.6 Å². The van der Waals surface area contributed by atoms with Gasteiger partial charge >= 0.3 is 0 Å². The number of aromatic nitrogens is 1. The topological polar surface area (TPSA) is 51.2 Å². The number of hydrogen-bond acceptors (Lipinski definition) is 3. The zero-order valence-corrected chi connectivity index (χ0v) is 18.3. The Labute approximate surface area is 188 Å². The minimum absolute atomic E-state index is 0.126. The lowest BCUT2D eigenvalue weighted by Crippen LogP contribution is -2.46. The number of nitrogens with zero attached hydrogens (tertiary/aromatic N) is 1. The van der Waals surface area contributed by atoms with Crippen molar-refractivity contribution in [2.75, 3.05) is 19.8 Å². The van der Waals surface area contributed by atoms with Crippen molar-refractivity contribution >= 4 is 17.5 Å². The molecule has 1 saturated heterocycles. The molecule has 0 spiro atoms. The summed E-state index contributed by atoms with van der Waals surface area (Å²) in [4.78, 5) is 17.5. The van der Waals surface area contributed by atoms with E-state index < -0.39 is 5.41 Å². The summed E-state index contributed by atoms with van der Waals surface area (Å²) in [7, 11) is 0. The SMILES string of the molecule is O=C(NCCc1ccc(Cl)cc1)C1(Cc2ccc(-c3cccnc3)cc2)CCOCC1. The van der Waals surface area contributed by atoms with Gasteiger partial charge in [0.05, 0.1) is 5.41 Å². The van der Waals surface area contributed by atoms with Crippen molar-refractivity contribution in [1.29, 1.82) is 0 Å². The first-order valence-electron chi connectivity index (χ1n) is 10.7. The molecule has 3 aromatic rings. The molecule has 0 aliphatic carbocycles. The number of pyridine rings is 1. The standard InChI is InChI=1S/C26H27ClN2O2/c27-24-9-5-20(6-10-24)11-15-29-25(30)26(12-16-31-17-13-26)18-21-3-7-22(8-4-21)23-2-1-14-28-19-23/h1-10,14,19H,11-13,15-18H2,(H,29,30). The smallest absolute Gasteiger partial charge is 0.226 e. The summed E-state index contributed by atoms with van der Waals surface area (Å²) in [6.45, 7) is 1.86. The summed E-state index contributed by atoms with van der Waals surface area (Å²) in [6.07, 6.45) is 6.63. The van der Waals surface area contributed by atoms with Gasteiger partial charge in [0.15, 0.2) is 0 Å². The maximum Gasteiger partial charge on any atom is 0.226 e. The van der Waals surface area contributed by atoms with E-state index in [-0.39, 0.29) is 5.91 Å². The predicted molar refractivity (Wildman–Crippen MR) is 124 cm³/mol. The molecule has 1 fully saturated rings. The molecule has 1 aromatic heterocycles. The summed E-state index contributed by atoms with van der Waals surface area (Å²) in [6, 6.07) is 20.2. The number of carbonyl (C=O) groups is 1. The molecule has 5 heteroatoms. The number of nitrogens with one attached hydrogen (secondary N) is 1. The van der Waals surface area contributed by atoms with Crippen LogP contribution < -0.4 is 5.32 Å². The van der Waals surface area contributed by atoms with E-state index >= 15 is 0 Å². The quantitative estimate of drug-likeness (QED) is 0.562. The van der Waals surface area contributed by atoms with Gasteiger partial charge in [0, 0.05) is 37.2 Å². The Balaban J connectivity index is 1.42. The average molecular weight is 435 g/mol. The third-order valence-electron chi connectivity index (χ3n) is 6.04. The van der Waals surface area contributed by atoms with Gasteiger partial charge in [-0.2, -0.15) is 0 Å². The van der Waals surface area contributed by atoms with Crippen LogP contribution in [-0.2, 0) is 22.4 Å². The Kier molecular flexibility index (Phi) is 7.00. The lowest BCUT2D eigenvalue weighted by atomic mass is 9.74. The Morgan fingerprint density at radius 1 is 0.968 bits per heavy atom. The van der Waals surface area contributed by atoms with Gasteiger partial charge in [-0.05, 0) is 66.1 Å². The highest BCUT2D eigenvalue weighted by Crippen LogP contribution is 2.35. The van der Waals surface area contributed by atoms with Crippen molar-refractivity contribution in [3.63, 3.8) is 0 Å². The van der Waals surface area contributed by atoms with Crippen LogP contribution in [0.5, 0.6) is 0 Å². The third kappa shape index (κ3) is 5.52. The van der Waals surface area contributed by atoms with Gasteiger partial charge in [-0.3, -0.25) is 9.78 Å². The van der Waals surface area contributed by atoms with Crippen LogP contribution in [0.1, 0.15) is 24.0 Å². The highest BCUT2D eigenvalue weighted by molar-refractivity contribution is 6.30. The van der Waals surface area contributed by atoms with E-state index in [4.69, 9.17) is 16.3 Å². The second-order valence-electron chi connectivity index (χ2n) is 8.14. The third-order valence-corrected chi connectivity index (χ3v) is 6.29. The van der Waals surface area contributed by atoms with E-state index in [0.29, 0.717) is 19.8 Å². The number of hydrogen-bond donors (Lipinski definition) is 1. The first kappa shape index (κ1) is 21.5. The zero-order chi connectivity index (χ0) is 21.5. The van der Waals surface area contributed by atoms with Crippen LogP contribution in [0.15, 0.2) is 73.1 Å². The summed E-state index contributed by atoms with van der Waals surface area (Å²) in [5, 5.41) is 3.90. The molecule has 0 bridgehead atoms. The Bertz CT molecular complexity index is 982. The van der Waals surface area contributed by atoms with Crippen molar-refractivity contribution in [1.82, 2.24) is 10.3 Å². The molecule has 1 aliphatic heterocycles. The van der Waals surface area contributed by atoms with Crippen molar-refractivity contribution in [3.05, 3.63) is 89.2 Å². The van der Waals surface area contributed by atoms with Crippen LogP contribution in [0.4, 0.5) is 0 Å². The first-order valence-corrected chi connectivity index (χ1v) is 11.1. The normalized spacial score (nSPS) is 15.4. The van der Waals surface area contributed by atoms with Crippen LogP contribution >= 0.6 is 11.6 Å². The summed E-state index contributed by atoms with van der Waals surface area (Å²) in [5.74, 6) is 0.126. The van der Waals surface area contributed by atoms with Gasteiger partial charge in [0.1, 0.15) is 0 Å². The Hall–Kier alpha value is -2.69. The molecule has 2 heterocycles. The van der Waals surface area contributed by atoms with Gasteiger partial charge in [0.2, 0.25) is 5.91 Å². The molecule has 4 rings (SSSR count). The van der Waals surface area contributed by atoms with Crippen molar-refractivity contribution in [3.8, 4) is 11.1 Å². The predicted octanol–water partition coefficient (Wildman–Crippen LogP) is 5.10. The molecule has 0 radical (unpaired) electrons. The number of amides is 1. The molecule has 1 N–H and O–H groups in total. The van der Waals surface area contributed by atoms with Crippen molar-refractivity contribution in [2.24, 2.45) is 5.41 Å². The molecule has 0 unspecified atom stereocenters. The van der Waals surface area contributed by atoms with E-state index in [1.807, 2.05) is 36.5 Å². The molecule has 1 amide bonds. The molecule has 2 aromatic carbocycles. The molecule has 4 nitrogen and oxygen atoms in total. The van der Waals surface area contributed by atoms with Crippen LogP contribution in [0.25, 0.3) is 11.1 Å². The molecular formula is C26H27ClN2O2. The second-order valence-corrected chi connectivity index (χ2v) is 8.58. The monoisotopic (exact) mass is 434 g/mol. The minimum atomic E-state index is -0.423. The highest BCUT2D eigenvalue weighted by atomic mass is 35.5. The molecule has 31 heavy (non-hydrogen) atoms. The van der Waals surface area contributed by atoms with E-state index in [1.165, 1.54) is 5.56 Å². The number of halogens is 1. The fraction of sp³-hybridized carbons (Fsp3) is 0.308. The fourth-order valence-electron chi connectivity index (χ4n) is 4.14. The van der Waals surface area contributed by atoms with Crippen LogP contribution in [0.2, 0.25) is 5.02 Å². The van der Waals surface area contributed by atoms with Crippen LogP contribution in [-0.4, -0.2) is 30.6 Å². The Morgan fingerprint density at radius 3 is 2.35 bits per heavy atom. The number of carbonyl (C=O) groups excluding carboxylic acids is 1. The van der Waals surface area contributed by atoms with Gasteiger partial charge in [-0.15, -0.1) is 0 Å². The zero-order valence-electron chi connectivity index (χ0n) is 17.5. The van der Waals surface area contributed by atoms with Gasteiger partial charge in [0.25, 0.3) is 0 Å². The lowest BCUT2D eigenvalue weighted by Gasteiger charge is -2.36. The Morgan fingerprint density at radius 2 is 1.68 bits per heavy atom. The minimum Gasteiger partial charge on any atom is -0.381 e. The molecule has 160 valence electrons. The maximum atomic E-state index is 13.3. The first-order chi connectivity index (χ1) is 15.1. The van der Waals surface area contributed by atoms with Gasteiger partial charge in [-0.25, -0.2) is 0 Å². The second kappa shape index (κ2) is 10.1. The number of ether oxygens (including phenoxy) is 1. The van der Waals surface area contributed by atoms with Crippen molar-refractivity contribution < 1.29 is 9.53 Å². The molecule has 1 aliphatic rings. The lowest BCUT2D eigenvalue weighted by molar-refractivity contribution is -0.136. The molecule has 0 atom stereocenters. The summed E-state index contributed by atoms with van der Waals surface area (Å²) in [5.41, 5.74) is 4.13. The van der Waals surface area contributed by atoms with Crippen molar-refractivity contribution in [2.45, 2.75) is 25.7 Å². The number of rotatable bonds is 7. The van der Waals surface area contributed by atoms with Gasteiger partial charge in [-0.1, -0.05) is 54.1 Å². The highest BCUT2D eigenvalue weighted by Gasteiger charge is 2.39.